The Bertz CT molecular complexity index is 1040. The second-order valence-electron chi connectivity index (χ2n) is 6.67. The van der Waals surface area contributed by atoms with Crippen LogP contribution in [0.2, 0.25) is 4.34 Å². The molecule has 0 spiro atoms. The predicted octanol–water partition coefficient (Wildman–Crippen LogP) is 4.56. The number of aromatic nitrogens is 1. The Morgan fingerprint density at radius 1 is 1.27 bits per heavy atom. The van der Waals surface area contributed by atoms with E-state index in [4.69, 9.17) is 28.6 Å². The van der Waals surface area contributed by atoms with E-state index in [1.165, 1.54) is 18.4 Å². The average molecular weight is 459 g/mol. The van der Waals surface area contributed by atoms with Crippen molar-refractivity contribution in [2.24, 2.45) is 0 Å². The standard InChI is InChI=1S/C21H19ClN4O2S2/c1-28-12-18(27)24-13-5-7-14(8-6-13)26-20(16-9-10-17(22)30-16)19(25-21(26)29)15-4-2-3-11-23-15/h2-11,19-20H,12H2,1H3,(H,24,27)(H,25,29)/t19-,20-/m0/s1. The number of thiocarbonyl (C=S) groups is 1. The maximum Gasteiger partial charge on any atom is 0.250 e. The number of nitrogens with one attached hydrogen (secondary N) is 2. The van der Waals surface area contributed by atoms with Crippen molar-refractivity contribution in [3.8, 4) is 0 Å². The fraction of sp³-hybridized carbons (Fsp3) is 0.190. The number of anilines is 2. The van der Waals surface area contributed by atoms with E-state index in [1.54, 1.807) is 6.20 Å². The number of pyridine rings is 1. The normalized spacial score (nSPS) is 18.3. The molecule has 9 heteroatoms. The number of halogens is 1. The van der Waals surface area contributed by atoms with Gasteiger partial charge in [0.2, 0.25) is 5.91 Å². The number of carbonyl (C=O) groups excluding carboxylic acids is 1. The van der Waals surface area contributed by atoms with Gasteiger partial charge in [0.05, 0.1) is 22.1 Å². The van der Waals surface area contributed by atoms with Gasteiger partial charge in [0.15, 0.2) is 5.11 Å². The highest BCUT2D eigenvalue weighted by molar-refractivity contribution is 7.80. The molecule has 30 heavy (non-hydrogen) atoms. The van der Waals surface area contributed by atoms with Crippen molar-refractivity contribution >= 4 is 57.5 Å². The van der Waals surface area contributed by atoms with Crippen LogP contribution in [0.4, 0.5) is 11.4 Å². The lowest BCUT2D eigenvalue weighted by Crippen LogP contribution is -2.29. The number of rotatable bonds is 6. The molecule has 3 heterocycles. The molecule has 3 aromatic rings. The average Bonchev–Trinajstić information content (AvgIpc) is 3.32. The van der Waals surface area contributed by atoms with E-state index in [2.05, 4.69) is 20.5 Å². The van der Waals surface area contributed by atoms with Crippen molar-refractivity contribution in [2.75, 3.05) is 23.9 Å². The summed E-state index contributed by atoms with van der Waals surface area (Å²) in [5.41, 5.74) is 2.50. The first-order chi connectivity index (χ1) is 14.6. The summed E-state index contributed by atoms with van der Waals surface area (Å²) < 4.78 is 5.57. The number of amides is 1. The summed E-state index contributed by atoms with van der Waals surface area (Å²) in [6.07, 6.45) is 1.78. The van der Waals surface area contributed by atoms with E-state index in [0.717, 1.165) is 20.6 Å². The van der Waals surface area contributed by atoms with Gasteiger partial charge in [0.1, 0.15) is 6.61 Å². The fourth-order valence-electron chi connectivity index (χ4n) is 3.44. The van der Waals surface area contributed by atoms with Crippen LogP contribution in [0.25, 0.3) is 0 Å². The van der Waals surface area contributed by atoms with E-state index in [-0.39, 0.29) is 24.6 Å². The maximum atomic E-state index is 11.7. The summed E-state index contributed by atoms with van der Waals surface area (Å²) in [6, 6.07) is 17.1. The predicted molar refractivity (Wildman–Crippen MR) is 124 cm³/mol. The lowest BCUT2D eigenvalue weighted by molar-refractivity contribution is -0.119. The van der Waals surface area contributed by atoms with Crippen LogP contribution in [-0.2, 0) is 9.53 Å². The highest BCUT2D eigenvalue weighted by Crippen LogP contribution is 2.44. The molecule has 0 unspecified atom stereocenters. The molecule has 0 bridgehead atoms. The molecule has 2 atom stereocenters. The third kappa shape index (κ3) is 4.32. The largest absolute Gasteiger partial charge is 0.375 e. The number of hydrogen-bond acceptors (Lipinski definition) is 5. The molecule has 6 nitrogen and oxygen atoms in total. The first-order valence-corrected chi connectivity index (χ1v) is 10.8. The van der Waals surface area contributed by atoms with Crippen molar-refractivity contribution in [1.29, 1.82) is 0 Å². The van der Waals surface area contributed by atoms with Crippen molar-refractivity contribution in [3.05, 3.63) is 75.7 Å². The third-order valence-corrected chi connectivity index (χ3v) is 6.30. The van der Waals surface area contributed by atoms with Gasteiger partial charge in [-0.05, 0) is 60.7 Å². The van der Waals surface area contributed by atoms with Crippen molar-refractivity contribution in [2.45, 2.75) is 12.1 Å². The minimum absolute atomic E-state index is 0.00878. The molecule has 1 aromatic carbocycles. The summed E-state index contributed by atoms with van der Waals surface area (Å²) in [5, 5.41) is 6.82. The lowest BCUT2D eigenvalue weighted by atomic mass is 10.0. The summed E-state index contributed by atoms with van der Waals surface area (Å²) >= 11 is 13.5. The molecule has 1 fully saturated rings. The fourth-order valence-corrected chi connectivity index (χ4v) is 4.98. The van der Waals surface area contributed by atoms with E-state index >= 15 is 0 Å². The topological polar surface area (TPSA) is 66.5 Å². The molecule has 0 saturated carbocycles. The minimum Gasteiger partial charge on any atom is -0.375 e. The smallest absolute Gasteiger partial charge is 0.250 e. The van der Waals surface area contributed by atoms with Crippen LogP contribution in [0, 0.1) is 0 Å². The van der Waals surface area contributed by atoms with Gasteiger partial charge < -0.3 is 20.3 Å². The van der Waals surface area contributed by atoms with Crippen LogP contribution in [0.5, 0.6) is 0 Å². The number of ether oxygens (including phenoxy) is 1. The van der Waals surface area contributed by atoms with Gasteiger partial charge in [-0.25, -0.2) is 0 Å². The second-order valence-corrected chi connectivity index (χ2v) is 8.80. The highest BCUT2D eigenvalue weighted by atomic mass is 35.5. The zero-order valence-corrected chi connectivity index (χ0v) is 18.4. The first kappa shape index (κ1) is 20.7. The van der Waals surface area contributed by atoms with Crippen LogP contribution in [0.1, 0.15) is 22.7 Å². The van der Waals surface area contributed by atoms with Crippen LogP contribution >= 0.6 is 35.2 Å². The maximum absolute atomic E-state index is 11.7. The van der Waals surface area contributed by atoms with Crippen molar-refractivity contribution in [3.63, 3.8) is 0 Å². The molecular weight excluding hydrogens is 440 g/mol. The number of nitrogens with zero attached hydrogens (tertiary/aromatic N) is 2. The molecule has 2 aromatic heterocycles. The Balaban J connectivity index is 1.67. The number of thiophene rings is 1. The van der Waals surface area contributed by atoms with E-state index in [0.29, 0.717) is 10.8 Å². The molecule has 0 radical (unpaired) electrons. The van der Waals surface area contributed by atoms with Gasteiger partial charge in [-0.3, -0.25) is 9.78 Å². The molecule has 1 amide bonds. The monoisotopic (exact) mass is 458 g/mol. The van der Waals surface area contributed by atoms with E-state index in [1.807, 2.05) is 54.6 Å². The van der Waals surface area contributed by atoms with Gasteiger partial charge in [0.25, 0.3) is 0 Å². The summed E-state index contributed by atoms with van der Waals surface area (Å²) in [6.45, 7) is 0.00878. The Labute approximate surface area is 188 Å². The second kappa shape index (κ2) is 9.09. The molecule has 2 N–H and O–H groups in total. The quantitative estimate of drug-likeness (QED) is 0.528. The van der Waals surface area contributed by atoms with Crippen molar-refractivity contribution in [1.82, 2.24) is 10.3 Å². The van der Waals surface area contributed by atoms with Crippen LogP contribution in [0.3, 0.4) is 0 Å². The zero-order chi connectivity index (χ0) is 21.1. The molecule has 1 aliphatic heterocycles. The molecular formula is C21H19ClN4O2S2. The number of carbonyl (C=O) groups is 1. The Hall–Kier alpha value is -2.52. The number of benzene rings is 1. The Kier molecular flexibility index (Phi) is 6.29. The molecule has 0 aliphatic carbocycles. The Morgan fingerprint density at radius 3 is 2.70 bits per heavy atom. The Morgan fingerprint density at radius 2 is 2.07 bits per heavy atom. The van der Waals surface area contributed by atoms with Gasteiger partial charge >= 0.3 is 0 Å². The van der Waals surface area contributed by atoms with Crippen molar-refractivity contribution < 1.29 is 9.53 Å². The van der Waals surface area contributed by atoms with Crippen LogP contribution in [-0.4, -0.2) is 29.7 Å². The van der Waals surface area contributed by atoms with Gasteiger partial charge in [-0.15, -0.1) is 11.3 Å². The zero-order valence-electron chi connectivity index (χ0n) is 16.0. The van der Waals surface area contributed by atoms with Crippen LogP contribution < -0.4 is 15.5 Å². The summed E-state index contributed by atoms with van der Waals surface area (Å²) in [4.78, 5) is 19.4. The number of hydrogen-bond donors (Lipinski definition) is 2. The molecule has 1 aliphatic rings. The summed E-state index contributed by atoms with van der Waals surface area (Å²) in [7, 11) is 1.49. The SMILES string of the molecule is COCC(=O)Nc1ccc(N2C(=S)N[C@@H](c3ccccn3)[C@@H]2c2ccc(Cl)s2)cc1. The van der Waals surface area contributed by atoms with E-state index in [9.17, 15) is 4.79 Å². The highest BCUT2D eigenvalue weighted by Gasteiger charge is 2.41. The molecule has 4 rings (SSSR count). The molecule has 154 valence electrons. The van der Waals surface area contributed by atoms with Gasteiger partial charge in [0, 0.05) is 29.6 Å². The van der Waals surface area contributed by atoms with Gasteiger partial charge in [-0.2, -0.15) is 0 Å². The summed E-state index contributed by atoms with van der Waals surface area (Å²) in [5.74, 6) is -0.204. The number of methoxy groups -OCH3 is 1. The van der Waals surface area contributed by atoms with Gasteiger partial charge in [-0.1, -0.05) is 17.7 Å². The minimum atomic E-state index is -0.204. The third-order valence-electron chi connectivity index (χ3n) is 4.69. The van der Waals surface area contributed by atoms with E-state index < -0.39 is 0 Å². The lowest BCUT2D eigenvalue weighted by Gasteiger charge is -2.27. The molecule has 1 saturated heterocycles. The first-order valence-electron chi connectivity index (χ1n) is 9.21. The van der Waals surface area contributed by atoms with Crippen LogP contribution in [0.15, 0.2) is 60.8 Å².